The van der Waals surface area contributed by atoms with Crippen LogP contribution in [0.5, 0.6) is 0 Å². The number of ether oxygens (including phenoxy) is 1. The van der Waals surface area contributed by atoms with Gasteiger partial charge in [-0.05, 0) is 5.56 Å². The molecule has 0 amide bonds. The quantitative estimate of drug-likeness (QED) is 0.633. The second-order valence-corrected chi connectivity index (χ2v) is 2.00. The van der Waals surface area contributed by atoms with Gasteiger partial charge in [0.25, 0.3) is 0 Å². The maximum atomic E-state index is 5.15. The highest BCUT2D eigenvalue weighted by Gasteiger charge is 1.86. The predicted octanol–water partition coefficient (Wildman–Crippen LogP) is 1.12. The molecule has 1 aromatic rings. The van der Waals surface area contributed by atoms with Gasteiger partial charge in [0.15, 0.2) is 0 Å². The Labute approximate surface area is 60.6 Å². The summed E-state index contributed by atoms with van der Waals surface area (Å²) in [4.78, 5) is 0. The summed E-state index contributed by atoms with van der Waals surface area (Å²) >= 11 is 0. The van der Waals surface area contributed by atoms with E-state index in [0.29, 0.717) is 6.61 Å². The third-order valence-corrected chi connectivity index (χ3v) is 1.23. The summed E-state index contributed by atoms with van der Waals surface area (Å²) in [5, 5.41) is 0. The molecule has 0 saturated heterocycles. The average molecular weight is 137 g/mol. The lowest BCUT2D eigenvalue weighted by atomic mass is 10.2. The van der Waals surface area contributed by atoms with Crippen LogP contribution in [0.15, 0.2) is 30.3 Å². The van der Waals surface area contributed by atoms with E-state index in [2.05, 4.69) is 0 Å². The molecule has 0 radical (unpaired) electrons. The smallest absolute Gasteiger partial charge is 0.0944 e. The Morgan fingerprint density at radius 2 is 1.90 bits per heavy atom. The van der Waals surface area contributed by atoms with E-state index in [4.69, 9.17) is 10.5 Å². The molecule has 0 unspecified atom stereocenters. The molecule has 0 aromatic heterocycles. The molecule has 0 aliphatic carbocycles. The van der Waals surface area contributed by atoms with Gasteiger partial charge in [0.1, 0.15) is 0 Å². The topological polar surface area (TPSA) is 35.2 Å². The van der Waals surface area contributed by atoms with Gasteiger partial charge in [-0.1, -0.05) is 30.3 Å². The summed E-state index contributed by atoms with van der Waals surface area (Å²) in [5.74, 6) is 0. The van der Waals surface area contributed by atoms with Gasteiger partial charge in [0, 0.05) is 0 Å². The SMILES string of the molecule is NCOCc1ccccc1. The van der Waals surface area contributed by atoms with Crippen molar-refractivity contribution in [2.45, 2.75) is 6.61 Å². The second-order valence-electron chi connectivity index (χ2n) is 2.00. The van der Waals surface area contributed by atoms with Crippen molar-refractivity contribution >= 4 is 0 Å². The number of hydrogen-bond acceptors (Lipinski definition) is 2. The van der Waals surface area contributed by atoms with Crippen LogP contribution in [0.3, 0.4) is 0 Å². The molecule has 0 aliphatic heterocycles. The van der Waals surface area contributed by atoms with Gasteiger partial charge in [0.2, 0.25) is 0 Å². The van der Waals surface area contributed by atoms with Crippen LogP contribution < -0.4 is 5.73 Å². The molecule has 0 saturated carbocycles. The Balaban J connectivity index is 2.43. The van der Waals surface area contributed by atoms with E-state index in [-0.39, 0.29) is 6.73 Å². The van der Waals surface area contributed by atoms with Crippen LogP contribution in [0.1, 0.15) is 5.56 Å². The minimum atomic E-state index is 0.287. The first-order chi connectivity index (χ1) is 4.93. The Bertz CT molecular complexity index is 174. The van der Waals surface area contributed by atoms with Crippen molar-refractivity contribution in [3.8, 4) is 0 Å². The molecule has 0 bridgehead atoms. The second kappa shape index (κ2) is 4.04. The molecule has 0 aliphatic rings. The molecule has 0 spiro atoms. The van der Waals surface area contributed by atoms with E-state index in [1.54, 1.807) is 0 Å². The lowest BCUT2D eigenvalue weighted by Gasteiger charge is -1.98. The molecule has 2 heteroatoms. The van der Waals surface area contributed by atoms with Gasteiger partial charge >= 0.3 is 0 Å². The van der Waals surface area contributed by atoms with Crippen molar-refractivity contribution in [1.82, 2.24) is 0 Å². The monoisotopic (exact) mass is 137 g/mol. The maximum Gasteiger partial charge on any atom is 0.0944 e. The fourth-order valence-electron chi connectivity index (χ4n) is 0.751. The number of rotatable bonds is 3. The normalized spacial score (nSPS) is 9.70. The number of benzene rings is 1. The molecule has 0 heterocycles. The molecule has 54 valence electrons. The van der Waals surface area contributed by atoms with E-state index in [9.17, 15) is 0 Å². The fourth-order valence-corrected chi connectivity index (χ4v) is 0.751. The molecule has 2 nitrogen and oxygen atoms in total. The van der Waals surface area contributed by atoms with E-state index in [1.165, 1.54) is 0 Å². The van der Waals surface area contributed by atoms with Crippen molar-refractivity contribution in [2.75, 3.05) is 6.73 Å². The van der Waals surface area contributed by atoms with Crippen LogP contribution in [0.4, 0.5) is 0 Å². The van der Waals surface area contributed by atoms with Crippen molar-refractivity contribution in [3.63, 3.8) is 0 Å². The molecule has 0 fully saturated rings. The molecule has 1 aromatic carbocycles. The first kappa shape index (κ1) is 7.25. The highest BCUT2D eigenvalue weighted by molar-refractivity contribution is 5.13. The summed E-state index contributed by atoms with van der Waals surface area (Å²) in [6.07, 6.45) is 0. The zero-order chi connectivity index (χ0) is 7.23. The van der Waals surface area contributed by atoms with Gasteiger partial charge in [-0.15, -0.1) is 0 Å². The molecule has 10 heavy (non-hydrogen) atoms. The van der Waals surface area contributed by atoms with Gasteiger partial charge in [-0.3, -0.25) is 0 Å². The Morgan fingerprint density at radius 1 is 1.20 bits per heavy atom. The van der Waals surface area contributed by atoms with Crippen LogP contribution in [0.2, 0.25) is 0 Å². The largest absolute Gasteiger partial charge is 0.362 e. The lowest BCUT2D eigenvalue weighted by Crippen LogP contribution is -2.03. The van der Waals surface area contributed by atoms with E-state index < -0.39 is 0 Å². The van der Waals surface area contributed by atoms with E-state index in [1.807, 2.05) is 30.3 Å². The Kier molecular flexibility index (Phi) is 2.93. The summed E-state index contributed by atoms with van der Waals surface area (Å²) in [7, 11) is 0. The van der Waals surface area contributed by atoms with Crippen molar-refractivity contribution in [1.29, 1.82) is 0 Å². The maximum absolute atomic E-state index is 5.15. The van der Waals surface area contributed by atoms with Crippen molar-refractivity contribution < 1.29 is 4.74 Å². The minimum Gasteiger partial charge on any atom is -0.362 e. The van der Waals surface area contributed by atoms with Gasteiger partial charge in [-0.2, -0.15) is 0 Å². The van der Waals surface area contributed by atoms with Gasteiger partial charge < -0.3 is 10.5 Å². The summed E-state index contributed by atoms with van der Waals surface area (Å²) in [5.41, 5.74) is 6.31. The zero-order valence-electron chi connectivity index (χ0n) is 5.79. The van der Waals surface area contributed by atoms with Gasteiger partial charge in [0.05, 0.1) is 13.3 Å². The van der Waals surface area contributed by atoms with Crippen LogP contribution >= 0.6 is 0 Å². The average Bonchev–Trinajstić information content (AvgIpc) is 2.03. The zero-order valence-corrected chi connectivity index (χ0v) is 5.79. The van der Waals surface area contributed by atoms with Crippen LogP contribution in [0, 0.1) is 0 Å². The predicted molar refractivity (Wildman–Crippen MR) is 40.3 cm³/mol. The fraction of sp³-hybridized carbons (Fsp3) is 0.250. The molecular formula is C8H11NO. The minimum absolute atomic E-state index is 0.287. The third kappa shape index (κ3) is 2.17. The van der Waals surface area contributed by atoms with Crippen LogP contribution in [0.25, 0.3) is 0 Å². The van der Waals surface area contributed by atoms with Crippen molar-refractivity contribution in [2.24, 2.45) is 5.73 Å². The molecule has 1 rings (SSSR count). The Morgan fingerprint density at radius 3 is 2.50 bits per heavy atom. The van der Waals surface area contributed by atoms with E-state index in [0.717, 1.165) is 5.56 Å². The van der Waals surface area contributed by atoms with Gasteiger partial charge in [-0.25, -0.2) is 0 Å². The highest BCUT2D eigenvalue weighted by atomic mass is 16.5. The first-order valence-corrected chi connectivity index (χ1v) is 3.25. The van der Waals surface area contributed by atoms with Crippen LogP contribution in [-0.2, 0) is 11.3 Å². The highest BCUT2D eigenvalue weighted by Crippen LogP contribution is 1.98. The molecule has 2 N–H and O–H groups in total. The summed E-state index contributed by atoms with van der Waals surface area (Å²) < 4.78 is 5.00. The first-order valence-electron chi connectivity index (χ1n) is 3.25. The van der Waals surface area contributed by atoms with Crippen LogP contribution in [-0.4, -0.2) is 6.73 Å². The van der Waals surface area contributed by atoms with Crippen molar-refractivity contribution in [3.05, 3.63) is 35.9 Å². The Hall–Kier alpha value is -0.860. The standard InChI is InChI=1S/C8H11NO/c9-7-10-6-8-4-2-1-3-5-8/h1-5H,6-7,9H2. The molecule has 0 atom stereocenters. The number of hydrogen-bond donors (Lipinski definition) is 1. The third-order valence-electron chi connectivity index (χ3n) is 1.23. The summed E-state index contributed by atoms with van der Waals surface area (Å²) in [6.45, 7) is 0.895. The molecular weight excluding hydrogens is 126 g/mol. The summed E-state index contributed by atoms with van der Waals surface area (Å²) in [6, 6.07) is 9.96. The number of nitrogens with two attached hydrogens (primary N) is 1. The van der Waals surface area contributed by atoms with E-state index >= 15 is 0 Å². The lowest BCUT2D eigenvalue weighted by molar-refractivity contribution is 0.127.